The van der Waals surface area contributed by atoms with Crippen LogP contribution in [-0.2, 0) is 9.53 Å². The van der Waals surface area contributed by atoms with Gasteiger partial charge in [0.15, 0.2) is 0 Å². The van der Waals surface area contributed by atoms with E-state index < -0.39 is 11.5 Å². The Hall–Kier alpha value is -1.30. The van der Waals surface area contributed by atoms with Crippen molar-refractivity contribution < 1.29 is 19.4 Å². The Bertz CT molecular complexity index is 401. The first-order chi connectivity index (χ1) is 10.1. The molecule has 2 heterocycles. The number of rotatable bonds is 4. The van der Waals surface area contributed by atoms with Crippen LogP contribution in [0.3, 0.4) is 0 Å². The van der Waals surface area contributed by atoms with Gasteiger partial charge in [-0.25, -0.2) is 9.59 Å². The number of carboxylic acids is 1. The van der Waals surface area contributed by atoms with Gasteiger partial charge in [-0.3, -0.25) is 0 Å². The Morgan fingerprint density at radius 3 is 2.71 bits per heavy atom. The lowest BCUT2D eigenvalue weighted by Gasteiger charge is -2.42. The van der Waals surface area contributed by atoms with E-state index in [1.165, 1.54) is 0 Å². The van der Waals surface area contributed by atoms with E-state index in [4.69, 9.17) is 4.74 Å². The number of likely N-dealkylation sites (tertiary alicyclic amines) is 1. The molecule has 2 atom stereocenters. The summed E-state index contributed by atoms with van der Waals surface area (Å²) in [6.45, 7) is 6.16. The molecule has 0 spiro atoms. The second kappa shape index (κ2) is 6.64. The molecule has 2 rings (SSSR count). The summed E-state index contributed by atoms with van der Waals surface area (Å²) in [5, 5.41) is 9.70. The number of aliphatic carboxylic acids is 1. The van der Waals surface area contributed by atoms with Gasteiger partial charge in [-0.2, -0.15) is 0 Å². The molecule has 2 aliphatic heterocycles. The predicted molar refractivity (Wildman–Crippen MR) is 78.2 cm³/mol. The Morgan fingerprint density at radius 1 is 1.33 bits per heavy atom. The minimum absolute atomic E-state index is 0.0555. The minimum Gasteiger partial charge on any atom is -0.479 e. The molecule has 0 bridgehead atoms. The summed E-state index contributed by atoms with van der Waals surface area (Å²) < 4.78 is 5.43. The highest BCUT2D eigenvalue weighted by molar-refractivity contribution is 5.87. The molecule has 2 aliphatic rings. The molecule has 2 fully saturated rings. The number of nitrogens with zero attached hydrogens (tertiary/aromatic N) is 2. The van der Waals surface area contributed by atoms with Crippen molar-refractivity contribution >= 4 is 12.0 Å². The number of amides is 2. The first-order valence-corrected chi connectivity index (χ1v) is 7.96. The zero-order chi connectivity index (χ0) is 15.5. The van der Waals surface area contributed by atoms with Gasteiger partial charge in [0.25, 0.3) is 0 Å². The molecule has 0 aromatic rings. The van der Waals surface area contributed by atoms with E-state index >= 15 is 0 Å². The van der Waals surface area contributed by atoms with E-state index in [2.05, 4.69) is 0 Å². The van der Waals surface area contributed by atoms with Crippen LogP contribution in [0.5, 0.6) is 0 Å². The second-order valence-corrected chi connectivity index (χ2v) is 5.95. The van der Waals surface area contributed by atoms with Gasteiger partial charge in [-0.15, -0.1) is 0 Å². The average Bonchev–Trinajstić information content (AvgIpc) is 2.92. The highest BCUT2D eigenvalue weighted by atomic mass is 16.5. The number of carbonyl (C=O) groups excluding carboxylic acids is 1. The van der Waals surface area contributed by atoms with E-state index in [1.54, 1.807) is 4.90 Å². The van der Waals surface area contributed by atoms with Crippen molar-refractivity contribution in [2.24, 2.45) is 0 Å². The summed E-state index contributed by atoms with van der Waals surface area (Å²) in [4.78, 5) is 28.1. The summed E-state index contributed by atoms with van der Waals surface area (Å²) in [7, 11) is 0. The SMILES string of the molecule is CCCC1(C(=O)O)CCCN1C(=O)N1CCOCC1CC. The van der Waals surface area contributed by atoms with E-state index in [1.807, 2.05) is 18.7 Å². The largest absolute Gasteiger partial charge is 0.479 e. The molecular formula is C15H26N2O4. The van der Waals surface area contributed by atoms with Crippen molar-refractivity contribution in [3.63, 3.8) is 0 Å². The van der Waals surface area contributed by atoms with Gasteiger partial charge in [0.2, 0.25) is 0 Å². The molecule has 120 valence electrons. The van der Waals surface area contributed by atoms with Gasteiger partial charge < -0.3 is 19.6 Å². The first kappa shape index (κ1) is 16.1. The Balaban J connectivity index is 2.21. The van der Waals surface area contributed by atoms with Crippen LogP contribution in [0.25, 0.3) is 0 Å². The standard InChI is InChI=1S/C15H26N2O4/c1-3-6-15(13(18)19)7-5-8-17(15)14(20)16-9-10-21-11-12(16)4-2/h12H,3-11H2,1-2H3,(H,18,19). The number of hydrogen-bond donors (Lipinski definition) is 1. The number of ether oxygens (including phenoxy) is 1. The quantitative estimate of drug-likeness (QED) is 0.861. The molecule has 2 unspecified atom stereocenters. The van der Waals surface area contributed by atoms with Gasteiger partial charge in [-0.05, 0) is 25.7 Å². The third kappa shape index (κ3) is 2.86. The average molecular weight is 298 g/mol. The van der Waals surface area contributed by atoms with E-state index in [-0.39, 0.29) is 12.1 Å². The van der Waals surface area contributed by atoms with Crippen molar-refractivity contribution in [3.8, 4) is 0 Å². The number of morpholine rings is 1. The van der Waals surface area contributed by atoms with E-state index in [9.17, 15) is 14.7 Å². The fourth-order valence-corrected chi connectivity index (χ4v) is 3.56. The van der Waals surface area contributed by atoms with Crippen molar-refractivity contribution in [1.82, 2.24) is 9.80 Å². The maximum absolute atomic E-state index is 12.9. The molecule has 2 saturated heterocycles. The summed E-state index contributed by atoms with van der Waals surface area (Å²) in [6, 6.07) is -0.0709. The smallest absolute Gasteiger partial charge is 0.329 e. The lowest BCUT2D eigenvalue weighted by Crippen LogP contribution is -2.60. The summed E-state index contributed by atoms with van der Waals surface area (Å²) >= 11 is 0. The van der Waals surface area contributed by atoms with Crippen LogP contribution >= 0.6 is 0 Å². The number of urea groups is 1. The monoisotopic (exact) mass is 298 g/mol. The third-order valence-electron chi connectivity index (χ3n) is 4.73. The highest BCUT2D eigenvalue weighted by Crippen LogP contribution is 2.35. The maximum Gasteiger partial charge on any atom is 0.329 e. The lowest BCUT2D eigenvalue weighted by molar-refractivity contribution is -0.149. The number of hydrogen-bond acceptors (Lipinski definition) is 3. The third-order valence-corrected chi connectivity index (χ3v) is 4.73. The summed E-state index contributed by atoms with van der Waals surface area (Å²) in [5.41, 5.74) is -1.01. The fraction of sp³-hybridized carbons (Fsp3) is 0.867. The molecule has 2 amide bonds. The maximum atomic E-state index is 12.9. The highest BCUT2D eigenvalue weighted by Gasteiger charge is 2.50. The van der Waals surface area contributed by atoms with Gasteiger partial charge in [0.1, 0.15) is 5.54 Å². The summed E-state index contributed by atoms with van der Waals surface area (Å²) in [6.07, 6.45) is 3.43. The molecule has 1 N–H and O–H groups in total. The van der Waals surface area contributed by atoms with Crippen LogP contribution < -0.4 is 0 Å². The van der Waals surface area contributed by atoms with Crippen molar-refractivity contribution in [2.75, 3.05) is 26.3 Å². The Labute approximate surface area is 126 Å². The normalized spacial score (nSPS) is 29.7. The van der Waals surface area contributed by atoms with Crippen molar-refractivity contribution in [2.45, 2.75) is 57.5 Å². The zero-order valence-electron chi connectivity index (χ0n) is 13.0. The van der Waals surface area contributed by atoms with E-state index in [0.29, 0.717) is 39.1 Å². The molecule has 0 aromatic heterocycles. The predicted octanol–water partition coefficient (Wildman–Crippen LogP) is 1.94. The van der Waals surface area contributed by atoms with Crippen LogP contribution in [0.4, 0.5) is 4.79 Å². The first-order valence-electron chi connectivity index (χ1n) is 7.96. The molecule has 0 aromatic carbocycles. The van der Waals surface area contributed by atoms with Crippen LogP contribution in [0, 0.1) is 0 Å². The van der Waals surface area contributed by atoms with E-state index in [0.717, 1.165) is 19.3 Å². The Kier molecular flexibility index (Phi) is 5.08. The number of carbonyl (C=O) groups is 2. The molecule has 6 nitrogen and oxygen atoms in total. The minimum atomic E-state index is -1.01. The van der Waals surface area contributed by atoms with Crippen LogP contribution in [-0.4, -0.2) is 64.8 Å². The molecule has 21 heavy (non-hydrogen) atoms. The fourth-order valence-electron chi connectivity index (χ4n) is 3.56. The van der Waals surface area contributed by atoms with Crippen LogP contribution in [0.15, 0.2) is 0 Å². The van der Waals surface area contributed by atoms with Gasteiger partial charge in [0, 0.05) is 13.1 Å². The zero-order valence-corrected chi connectivity index (χ0v) is 13.0. The molecule has 0 aliphatic carbocycles. The molecular weight excluding hydrogens is 272 g/mol. The number of carboxylic acid groups (broad SMARTS) is 1. The molecule has 0 saturated carbocycles. The van der Waals surface area contributed by atoms with Gasteiger partial charge in [-0.1, -0.05) is 20.3 Å². The lowest BCUT2D eigenvalue weighted by atomic mass is 9.91. The summed E-state index contributed by atoms with van der Waals surface area (Å²) in [5.74, 6) is -0.864. The van der Waals surface area contributed by atoms with Gasteiger partial charge in [0.05, 0.1) is 19.3 Å². The van der Waals surface area contributed by atoms with Gasteiger partial charge >= 0.3 is 12.0 Å². The molecule has 6 heteroatoms. The Morgan fingerprint density at radius 2 is 2.10 bits per heavy atom. The van der Waals surface area contributed by atoms with Crippen molar-refractivity contribution in [3.05, 3.63) is 0 Å². The topological polar surface area (TPSA) is 70.1 Å². The van der Waals surface area contributed by atoms with Crippen LogP contribution in [0.2, 0.25) is 0 Å². The second-order valence-electron chi connectivity index (χ2n) is 5.95. The molecule has 0 radical (unpaired) electrons. The van der Waals surface area contributed by atoms with Crippen molar-refractivity contribution in [1.29, 1.82) is 0 Å². The van der Waals surface area contributed by atoms with Crippen LogP contribution in [0.1, 0.15) is 46.0 Å².